The van der Waals surface area contributed by atoms with Crippen LogP contribution in [0.4, 0.5) is 0 Å². The summed E-state index contributed by atoms with van der Waals surface area (Å²) in [5.74, 6) is 0.581. The fourth-order valence-electron chi connectivity index (χ4n) is 0.735. The Bertz CT molecular complexity index is 322. The van der Waals surface area contributed by atoms with Gasteiger partial charge in [0.1, 0.15) is 0 Å². The summed E-state index contributed by atoms with van der Waals surface area (Å²) in [4.78, 5) is 3.98. The molecule has 0 atom stereocenters. The van der Waals surface area contributed by atoms with Crippen molar-refractivity contribution < 1.29 is 4.42 Å². The van der Waals surface area contributed by atoms with E-state index in [9.17, 15) is 0 Å². The number of hydrogen-bond donors (Lipinski definition) is 0. The summed E-state index contributed by atoms with van der Waals surface area (Å²) < 4.78 is 5.04. The minimum Gasteiger partial charge on any atom is -0.421 e. The third-order valence-corrected chi connectivity index (χ3v) is 1.11. The van der Waals surface area contributed by atoms with Crippen molar-refractivity contribution in [2.75, 3.05) is 0 Å². The Hall–Kier alpha value is -1.52. The molecule has 0 spiro atoms. The smallest absolute Gasteiger partial charge is 0.269 e. The highest BCUT2D eigenvalue weighted by molar-refractivity contribution is 5.65. The van der Waals surface area contributed by atoms with Crippen molar-refractivity contribution in [3.05, 3.63) is 12.1 Å². The molecular formula is C5H4N4O. The van der Waals surface area contributed by atoms with E-state index in [1.807, 2.05) is 0 Å². The summed E-state index contributed by atoms with van der Waals surface area (Å²) in [5, 5.41) is 10.5. The van der Waals surface area contributed by atoms with E-state index in [2.05, 4.69) is 20.4 Å². The van der Waals surface area contributed by atoms with Crippen LogP contribution in [0.3, 0.4) is 0 Å². The van der Waals surface area contributed by atoms with Crippen molar-refractivity contribution in [3.63, 3.8) is 0 Å². The van der Waals surface area contributed by atoms with Gasteiger partial charge in [-0.25, -0.2) is 4.98 Å². The molecule has 5 nitrogen and oxygen atoms in total. The predicted molar refractivity (Wildman–Crippen MR) is 32.1 cm³/mol. The van der Waals surface area contributed by atoms with E-state index >= 15 is 0 Å². The number of aromatic nitrogens is 4. The first-order valence-electron chi connectivity index (χ1n) is 2.78. The number of aryl methyl sites for hydroxylation is 1. The van der Waals surface area contributed by atoms with E-state index in [0.717, 1.165) is 0 Å². The molecule has 5 heteroatoms. The zero-order chi connectivity index (χ0) is 6.97. The van der Waals surface area contributed by atoms with Gasteiger partial charge < -0.3 is 4.42 Å². The molecule has 0 aromatic carbocycles. The molecule has 0 aliphatic rings. The van der Waals surface area contributed by atoms with Gasteiger partial charge in [0, 0.05) is 6.92 Å². The summed E-state index contributed by atoms with van der Waals surface area (Å²) in [5.41, 5.74) is 1.08. The lowest BCUT2D eigenvalue weighted by molar-refractivity contribution is 0.544. The molecule has 0 saturated carbocycles. The summed E-state index contributed by atoms with van der Waals surface area (Å²) in [6.45, 7) is 1.75. The molecule has 0 aliphatic heterocycles. The molecule has 10 heavy (non-hydrogen) atoms. The van der Waals surface area contributed by atoms with Gasteiger partial charge in [-0.05, 0) is 5.21 Å². The molecule has 2 aromatic heterocycles. The van der Waals surface area contributed by atoms with Gasteiger partial charge in [0.15, 0.2) is 11.4 Å². The largest absolute Gasteiger partial charge is 0.421 e. The van der Waals surface area contributed by atoms with Gasteiger partial charge in [-0.3, -0.25) is 0 Å². The lowest BCUT2D eigenvalue weighted by atomic mass is 10.6. The molecule has 2 rings (SSSR count). The lowest BCUT2D eigenvalue weighted by Gasteiger charge is -1.76. The van der Waals surface area contributed by atoms with Gasteiger partial charge in [0.2, 0.25) is 0 Å². The van der Waals surface area contributed by atoms with Gasteiger partial charge in [-0.2, -0.15) is 0 Å². The van der Waals surface area contributed by atoms with Crippen LogP contribution in [-0.4, -0.2) is 20.4 Å². The van der Waals surface area contributed by atoms with Crippen molar-refractivity contribution in [1.82, 2.24) is 20.4 Å². The number of rotatable bonds is 0. The molecule has 2 heterocycles. The zero-order valence-electron chi connectivity index (χ0n) is 5.27. The average molecular weight is 136 g/mol. The second kappa shape index (κ2) is 1.73. The number of nitrogens with zero attached hydrogens (tertiary/aromatic N) is 4. The summed E-state index contributed by atoms with van der Waals surface area (Å²) in [7, 11) is 0. The molecule has 0 amide bonds. The topological polar surface area (TPSA) is 64.7 Å². The quantitative estimate of drug-likeness (QED) is 0.521. The molecule has 0 fully saturated rings. The molecule has 0 N–H and O–H groups in total. The predicted octanol–water partition coefficient (Wildman–Crippen LogP) is 0.321. The number of oxazole rings is 1. The van der Waals surface area contributed by atoms with Crippen molar-refractivity contribution in [2.24, 2.45) is 0 Å². The SMILES string of the molecule is Cc1nc2cnnnc2o1. The van der Waals surface area contributed by atoms with Crippen LogP contribution in [0.25, 0.3) is 11.2 Å². The monoisotopic (exact) mass is 136 g/mol. The zero-order valence-corrected chi connectivity index (χ0v) is 5.27. The van der Waals surface area contributed by atoms with Gasteiger partial charge in [-0.15, -0.1) is 5.10 Å². The number of hydrogen-bond acceptors (Lipinski definition) is 5. The normalized spacial score (nSPS) is 10.5. The van der Waals surface area contributed by atoms with Crippen LogP contribution in [0, 0.1) is 6.92 Å². The highest BCUT2D eigenvalue weighted by atomic mass is 16.4. The molecule has 2 aromatic rings. The Balaban J connectivity index is 2.88. The van der Waals surface area contributed by atoms with E-state index in [-0.39, 0.29) is 0 Å². The second-order valence-corrected chi connectivity index (χ2v) is 1.86. The van der Waals surface area contributed by atoms with Crippen LogP contribution in [0.5, 0.6) is 0 Å². The van der Waals surface area contributed by atoms with Crippen LogP contribution < -0.4 is 0 Å². The van der Waals surface area contributed by atoms with E-state index in [0.29, 0.717) is 17.1 Å². The first-order chi connectivity index (χ1) is 4.86. The second-order valence-electron chi connectivity index (χ2n) is 1.86. The van der Waals surface area contributed by atoms with Crippen molar-refractivity contribution in [1.29, 1.82) is 0 Å². The van der Waals surface area contributed by atoms with E-state index in [1.165, 1.54) is 6.20 Å². The Labute approximate surface area is 56.1 Å². The van der Waals surface area contributed by atoms with Crippen LogP contribution >= 0.6 is 0 Å². The highest BCUT2D eigenvalue weighted by Gasteiger charge is 2.00. The van der Waals surface area contributed by atoms with Gasteiger partial charge in [0.05, 0.1) is 6.20 Å². The maximum atomic E-state index is 5.04. The fourth-order valence-corrected chi connectivity index (χ4v) is 0.735. The maximum Gasteiger partial charge on any atom is 0.269 e. The third kappa shape index (κ3) is 0.637. The molecule has 0 bridgehead atoms. The van der Waals surface area contributed by atoms with E-state index in [4.69, 9.17) is 4.42 Å². The van der Waals surface area contributed by atoms with Gasteiger partial charge in [0.25, 0.3) is 5.71 Å². The highest BCUT2D eigenvalue weighted by Crippen LogP contribution is 2.07. The lowest BCUT2D eigenvalue weighted by Crippen LogP contribution is -1.83. The Morgan fingerprint density at radius 3 is 3.20 bits per heavy atom. The van der Waals surface area contributed by atoms with E-state index in [1.54, 1.807) is 6.92 Å². The van der Waals surface area contributed by atoms with Crippen molar-refractivity contribution >= 4 is 11.2 Å². The Morgan fingerprint density at radius 1 is 1.50 bits per heavy atom. The standard InChI is InChI=1S/C5H4N4O/c1-3-7-4-2-6-9-8-5(4)10-3/h2H,1H3. The van der Waals surface area contributed by atoms with E-state index < -0.39 is 0 Å². The van der Waals surface area contributed by atoms with Gasteiger partial charge in [-0.1, -0.05) is 5.10 Å². The minimum atomic E-state index is 0.438. The Kier molecular flexibility index (Phi) is 0.913. The molecular weight excluding hydrogens is 132 g/mol. The maximum absolute atomic E-state index is 5.04. The Morgan fingerprint density at radius 2 is 2.40 bits per heavy atom. The number of fused-ring (bicyclic) bond motifs is 1. The van der Waals surface area contributed by atoms with Crippen molar-refractivity contribution in [2.45, 2.75) is 6.92 Å². The summed E-state index contributed by atoms with van der Waals surface area (Å²) in [6, 6.07) is 0. The van der Waals surface area contributed by atoms with Crippen molar-refractivity contribution in [3.8, 4) is 0 Å². The average Bonchev–Trinajstić information content (AvgIpc) is 2.27. The minimum absolute atomic E-state index is 0.438. The molecule has 0 aliphatic carbocycles. The van der Waals surface area contributed by atoms with Crippen LogP contribution in [-0.2, 0) is 0 Å². The molecule has 0 radical (unpaired) electrons. The third-order valence-electron chi connectivity index (χ3n) is 1.11. The first-order valence-corrected chi connectivity index (χ1v) is 2.78. The van der Waals surface area contributed by atoms with Crippen LogP contribution in [0.15, 0.2) is 10.6 Å². The molecule has 0 saturated heterocycles. The summed E-state index contributed by atoms with van der Waals surface area (Å²) >= 11 is 0. The first kappa shape index (κ1) is 5.28. The van der Waals surface area contributed by atoms with Crippen LogP contribution in [0.1, 0.15) is 5.89 Å². The fraction of sp³-hybridized carbons (Fsp3) is 0.200. The molecule has 50 valence electrons. The molecule has 0 unspecified atom stereocenters. The summed E-state index contributed by atoms with van der Waals surface area (Å²) in [6.07, 6.45) is 1.51. The van der Waals surface area contributed by atoms with Gasteiger partial charge >= 0.3 is 0 Å². The van der Waals surface area contributed by atoms with Crippen LogP contribution in [0.2, 0.25) is 0 Å².